The summed E-state index contributed by atoms with van der Waals surface area (Å²) in [5.41, 5.74) is 5.53. The number of nitrogens with zero attached hydrogens (tertiary/aromatic N) is 1. The molecular formula is C17H22N4O2S. The van der Waals surface area contributed by atoms with E-state index in [2.05, 4.69) is 45.0 Å². The molecule has 0 amide bonds. The molecule has 24 heavy (non-hydrogen) atoms. The molecule has 3 rings (SSSR count). The Hall–Kier alpha value is -2.12. The van der Waals surface area contributed by atoms with Crippen LogP contribution in [0, 0.1) is 27.7 Å². The highest BCUT2D eigenvalue weighted by Gasteiger charge is 2.22. The average Bonchev–Trinajstić information content (AvgIpc) is 2.99. The molecule has 0 saturated heterocycles. The second-order valence-corrected chi connectivity index (χ2v) is 7.89. The standard InChI is InChI=1S/C17H22N4O2S/c1-10-5-6-16-15(9-10)14(11(2)19-16)7-8-18-24(22,23)17-12(3)20-21-13(17)4/h5-6,9,18-19H,7-8H2,1-4H3,(H,20,21). The van der Waals surface area contributed by atoms with Crippen molar-refractivity contribution in [2.45, 2.75) is 39.0 Å². The molecule has 3 aromatic rings. The molecule has 0 radical (unpaired) electrons. The van der Waals surface area contributed by atoms with Crippen LogP contribution in [0.3, 0.4) is 0 Å². The molecule has 6 nitrogen and oxygen atoms in total. The van der Waals surface area contributed by atoms with E-state index < -0.39 is 10.0 Å². The van der Waals surface area contributed by atoms with E-state index in [0.717, 1.165) is 22.2 Å². The smallest absolute Gasteiger partial charge is 0.244 e. The van der Waals surface area contributed by atoms with Crippen LogP contribution in [0.15, 0.2) is 23.1 Å². The van der Waals surface area contributed by atoms with Gasteiger partial charge in [0.25, 0.3) is 0 Å². The van der Waals surface area contributed by atoms with Gasteiger partial charge in [0, 0.05) is 23.1 Å². The minimum absolute atomic E-state index is 0.244. The van der Waals surface area contributed by atoms with Gasteiger partial charge in [-0.15, -0.1) is 0 Å². The van der Waals surface area contributed by atoms with Crippen molar-refractivity contribution in [2.75, 3.05) is 6.54 Å². The quantitative estimate of drug-likeness (QED) is 0.663. The van der Waals surface area contributed by atoms with Gasteiger partial charge in [-0.2, -0.15) is 5.10 Å². The Morgan fingerprint density at radius 2 is 1.88 bits per heavy atom. The topological polar surface area (TPSA) is 90.6 Å². The zero-order valence-corrected chi connectivity index (χ0v) is 15.1. The number of hydrogen-bond donors (Lipinski definition) is 3. The summed E-state index contributed by atoms with van der Waals surface area (Å²) in [6, 6.07) is 6.26. The zero-order chi connectivity index (χ0) is 17.5. The normalized spacial score (nSPS) is 12.2. The lowest BCUT2D eigenvalue weighted by Crippen LogP contribution is -2.27. The number of rotatable bonds is 5. The number of hydrogen-bond acceptors (Lipinski definition) is 3. The van der Waals surface area contributed by atoms with Gasteiger partial charge >= 0.3 is 0 Å². The molecule has 0 spiro atoms. The lowest BCUT2D eigenvalue weighted by Gasteiger charge is -2.07. The number of aromatic nitrogens is 3. The van der Waals surface area contributed by atoms with Crippen LogP contribution in [0.4, 0.5) is 0 Å². The summed E-state index contributed by atoms with van der Waals surface area (Å²) < 4.78 is 27.7. The fourth-order valence-electron chi connectivity index (χ4n) is 3.14. The van der Waals surface area contributed by atoms with Crippen molar-refractivity contribution in [3.8, 4) is 0 Å². The Labute approximate surface area is 141 Å². The number of nitrogens with one attached hydrogen (secondary N) is 3. The first kappa shape index (κ1) is 16.7. The number of fused-ring (bicyclic) bond motifs is 1. The Morgan fingerprint density at radius 3 is 2.54 bits per heavy atom. The molecule has 3 N–H and O–H groups in total. The molecule has 0 bridgehead atoms. The van der Waals surface area contributed by atoms with Gasteiger partial charge in [-0.25, -0.2) is 13.1 Å². The fourth-order valence-corrected chi connectivity index (χ4v) is 4.54. The van der Waals surface area contributed by atoms with Crippen molar-refractivity contribution in [1.82, 2.24) is 19.9 Å². The van der Waals surface area contributed by atoms with Gasteiger partial charge in [0.1, 0.15) is 4.90 Å². The highest BCUT2D eigenvalue weighted by molar-refractivity contribution is 7.89. The predicted octanol–water partition coefficient (Wildman–Crippen LogP) is 2.65. The van der Waals surface area contributed by atoms with Gasteiger partial charge in [0.05, 0.1) is 11.4 Å². The van der Waals surface area contributed by atoms with Crippen LogP contribution >= 0.6 is 0 Å². The van der Waals surface area contributed by atoms with E-state index in [1.807, 2.05) is 6.92 Å². The van der Waals surface area contributed by atoms with Crippen molar-refractivity contribution in [2.24, 2.45) is 0 Å². The summed E-state index contributed by atoms with van der Waals surface area (Å²) in [4.78, 5) is 3.60. The van der Waals surface area contributed by atoms with E-state index in [1.54, 1.807) is 13.8 Å². The van der Waals surface area contributed by atoms with Crippen molar-refractivity contribution >= 4 is 20.9 Å². The van der Waals surface area contributed by atoms with Crippen LogP contribution in [0.1, 0.15) is 28.2 Å². The minimum atomic E-state index is -3.56. The second-order valence-electron chi connectivity index (χ2n) is 6.19. The van der Waals surface area contributed by atoms with Crippen LogP contribution in [-0.4, -0.2) is 30.1 Å². The third-order valence-corrected chi connectivity index (χ3v) is 5.99. The minimum Gasteiger partial charge on any atom is -0.358 e. The zero-order valence-electron chi connectivity index (χ0n) is 14.3. The molecule has 1 aromatic carbocycles. The van der Waals surface area contributed by atoms with Crippen molar-refractivity contribution in [1.29, 1.82) is 0 Å². The van der Waals surface area contributed by atoms with Gasteiger partial charge in [-0.05, 0) is 51.8 Å². The Balaban J connectivity index is 1.80. The molecule has 0 atom stereocenters. The Kier molecular flexibility index (Phi) is 4.23. The molecule has 0 fully saturated rings. The Morgan fingerprint density at radius 1 is 1.12 bits per heavy atom. The van der Waals surface area contributed by atoms with Gasteiger partial charge in [-0.1, -0.05) is 11.6 Å². The summed E-state index contributed by atoms with van der Waals surface area (Å²) in [5, 5.41) is 7.82. The van der Waals surface area contributed by atoms with Crippen LogP contribution in [0.25, 0.3) is 10.9 Å². The van der Waals surface area contributed by atoms with Crippen molar-refractivity contribution in [3.63, 3.8) is 0 Å². The second kappa shape index (κ2) is 6.07. The monoisotopic (exact) mass is 346 g/mol. The van der Waals surface area contributed by atoms with E-state index in [0.29, 0.717) is 24.4 Å². The maximum absolute atomic E-state index is 12.5. The lowest BCUT2D eigenvalue weighted by molar-refractivity contribution is 0.580. The number of aromatic amines is 2. The summed E-state index contributed by atoms with van der Waals surface area (Å²) in [6.45, 7) is 7.81. The highest BCUT2D eigenvalue weighted by Crippen LogP contribution is 2.24. The van der Waals surface area contributed by atoms with Gasteiger partial charge in [0.15, 0.2) is 0 Å². The van der Waals surface area contributed by atoms with Crippen LogP contribution in [-0.2, 0) is 16.4 Å². The summed E-state index contributed by atoms with van der Waals surface area (Å²) in [5.74, 6) is 0. The van der Waals surface area contributed by atoms with E-state index in [1.165, 1.54) is 5.56 Å². The van der Waals surface area contributed by atoms with Crippen LogP contribution in [0.2, 0.25) is 0 Å². The molecule has 0 unspecified atom stereocenters. The van der Waals surface area contributed by atoms with E-state index in [4.69, 9.17) is 0 Å². The van der Waals surface area contributed by atoms with Crippen LogP contribution in [0.5, 0.6) is 0 Å². The first-order valence-electron chi connectivity index (χ1n) is 7.88. The molecule has 0 aliphatic rings. The highest BCUT2D eigenvalue weighted by atomic mass is 32.2. The number of sulfonamides is 1. The molecule has 0 saturated carbocycles. The molecular weight excluding hydrogens is 324 g/mol. The number of benzene rings is 1. The summed E-state index contributed by atoms with van der Waals surface area (Å²) in [7, 11) is -3.56. The number of H-pyrrole nitrogens is 2. The van der Waals surface area contributed by atoms with E-state index in [9.17, 15) is 8.42 Å². The summed E-state index contributed by atoms with van der Waals surface area (Å²) in [6.07, 6.45) is 0.629. The fraction of sp³-hybridized carbons (Fsp3) is 0.353. The summed E-state index contributed by atoms with van der Waals surface area (Å²) >= 11 is 0. The van der Waals surface area contributed by atoms with Gasteiger partial charge in [-0.3, -0.25) is 5.10 Å². The van der Waals surface area contributed by atoms with Crippen molar-refractivity contribution < 1.29 is 8.42 Å². The third kappa shape index (κ3) is 2.97. The van der Waals surface area contributed by atoms with Gasteiger partial charge in [0.2, 0.25) is 10.0 Å². The first-order valence-corrected chi connectivity index (χ1v) is 9.37. The third-order valence-electron chi connectivity index (χ3n) is 4.27. The van der Waals surface area contributed by atoms with E-state index in [-0.39, 0.29) is 4.90 Å². The number of aryl methyl sites for hydroxylation is 4. The largest absolute Gasteiger partial charge is 0.358 e. The molecule has 0 aliphatic heterocycles. The maximum atomic E-state index is 12.5. The molecule has 2 aromatic heterocycles. The van der Waals surface area contributed by atoms with Crippen LogP contribution < -0.4 is 4.72 Å². The molecule has 2 heterocycles. The maximum Gasteiger partial charge on any atom is 0.244 e. The molecule has 128 valence electrons. The molecule has 7 heteroatoms. The first-order chi connectivity index (χ1) is 11.3. The lowest BCUT2D eigenvalue weighted by atomic mass is 10.1. The van der Waals surface area contributed by atoms with E-state index >= 15 is 0 Å². The van der Waals surface area contributed by atoms with Crippen molar-refractivity contribution in [3.05, 3.63) is 46.4 Å². The Bertz CT molecular complexity index is 980. The van der Waals surface area contributed by atoms with Gasteiger partial charge < -0.3 is 4.98 Å². The molecule has 0 aliphatic carbocycles. The predicted molar refractivity (Wildman–Crippen MR) is 94.7 cm³/mol. The SMILES string of the molecule is Cc1ccc2[nH]c(C)c(CCNS(=O)(=O)c3c(C)n[nH]c3C)c2c1. The average molecular weight is 346 g/mol.